The molecule has 236 valence electrons. The average molecular weight is 604 g/mol. The number of nitrogens with zero attached hydrogens (tertiary/aromatic N) is 1. The summed E-state index contributed by atoms with van der Waals surface area (Å²) in [4.78, 5) is 39.4. The molecule has 0 radical (unpaired) electrons. The van der Waals surface area contributed by atoms with Gasteiger partial charge in [-0.15, -0.1) is 0 Å². The lowest BCUT2D eigenvalue weighted by atomic mass is 9.44. The van der Waals surface area contributed by atoms with Crippen molar-refractivity contribution in [3.8, 4) is 6.07 Å². The molecule has 9 atom stereocenters. The van der Waals surface area contributed by atoms with Crippen molar-refractivity contribution in [2.24, 2.45) is 40.4 Å². The van der Waals surface area contributed by atoms with Crippen LogP contribution in [0.3, 0.4) is 0 Å². The summed E-state index contributed by atoms with van der Waals surface area (Å²) >= 11 is 0. The highest BCUT2D eigenvalue weighted by Gasteiger charge is 2.79. The SMILES string of the molecule is CC(C)C1CCC(OC(=O)O[C@]2(C(=O)OCC#N)[C@H](C)C[C@H]3[C@@H]4CC(F)C5=CC(=O)C=C[C@]5(C)[C@@]4(F)[C@@H](O)C[C@@]32C)CC1. The van der Waals surface area contributed by atoms with Crippen molar-refractivity contribution in [2.45, 2.75) is 109 Å². The summed E-state index contributed by atoms with van der Waals surface area (Å²) in [7, 11) is 0. The predicted molar refractivity (Wildman–Crippen MR) is 151 cm³/mol. The molecule has 1 unspecified atom stereocenters. The first-order valence-electron chi connectivity index (χ1n) is 15.6. The first kappa shape index (κ1) is 31.6. The molecule has 1 N–H and O–H groups in total. The Bertz CT molecular complexity index is 1270. The van der Waals surface area contributed by atoms with Crippen molar-refractivity contribution in [2.75, 3.05) is 6.61 Å². The van der Waals surface area contributed by atoms with E-state index in [0.29, 0.717) is 24.7 Å². The molecule has 4 fully saturated rings. The summed E-state index contributed by atoms with van der Waals surface area (Å²) in [5, 5.41) is 20.8. The zero-order valence-corrected chi connectivity index (χ0v) is 25.6. The van der Waals surface area contributed by atoms with Crippen molar-refractivity contribution >= 4 is 17.9 Å². The molecule has 0 spiro atoms. The molecule has 0 aromatic carbocycles. The van der Waals surface area contributed by atoms with Crippen LogP contribution in [0, 0.1) is 51.8 Å². The number of allylic oxidation sites excluding steroid dienone is 4. The van der Waals surface area contributed by atoms with E-state index in [0.717, 1.165) is 18.9 Å². The summed E-state index contributed by atoms with van der Waals surface area (Å²) < 4.78 is 50.4. The Morgan fingerprint density at radius 1 is 1.16 bits per heavy atom. The van der Waals surface area contributed by atoms with E-state index in [4.69, 9.17) is 19.5 Å². The molecular formula is C33H43F2NO7. The minimum absolute atomic E-state index is 0.000780. The number of ketones is 1. The average Bonchev–Trinajstić information content (AvgIpc) is 3.16. The van der Waals surface area contributed by atoms with Crippen molar-refractivity contribution in [3.63, 3.8) is 0 Å². The van der Waals surface area contributed by atoms with Gasteiger partial charge >= 0.3 is 12.1 Å². The third kappa shape index (κ3) is 4.55. The van der Waals surface area contributed by atoms with Crippen molar-refractivity contribution in [1.29, 1.82) is 5.26 Å². The minimum Gasteiger partial charge on any atom is -0.447 e. The molecule has 5 aliphatic rings. The molecule has 8 nitrogen and oxygen atoms in total. The number of carbonyl (C=O) groups is 3. The Morgan fingerprint density at radius 3 is 2.47 bits per heavy atom. The van der Waals surface area contributed by atoms with Crippen LogP contribution < -0.4 is 0 Å². The Labute approximate surface area is 251 Å². The summed E-state index contributed by atoms with van der Waals surface area (Å²) in [6.07, 6.45) is 1.57. The second kappa shape index (κ2) is 11.0. The van der Waals surface area contributed by atoms with Gasteiger partial charge in [-0.25, -0.2) is 18.4 Å². The normalized spacial score (nSPS) is 45.3. The van der Waals surface area contributed by atoms with Crippen molar-refractivity contribution in [3.05, 3.63) is 23.8 Å². The quantitative estimate of drug-likeness (QED) is 0.396. The lowest BCUT2D eigenvalue weighted by Gasteiger charge is -2.62. The number of aliphatic hydroxyl groups is 1. The van der Waals surface area contributed by atoms with Crippen LogP contribution in [0.1, 0.15) is 79.6 Å². The van der Waals surface area contributed by atoms with Gasteiger partial charge in [0.05, 0.1) is 6.10 Å². The van der Waals surface area contributed by atoms with Crippen LogP contribution >= 0.6 is 0 Å². The van der Waals surface area contributed by atoms with Gasteiger partial charge < -0.3 is 19.3 Å². The highest BCUT2D eigenvalue weighted by atomic mass is 19.1. The molecule has 0 amide bonds. The molecule has 5 aliphatic carbocycles. The number of halogens is 2. The van der Waals surface area contributed by atoms with Gasteiger partial charge in [0.15, 0.2) is 18.1 Å². The van der Waals surface area contributed by atoms with E-state index in [1.165, 1.54) is 19.1 Å². The lowest BCUT2D eigenvalue weighted by molar-refractivity contribution is -0.234. The summed E-state index contributed by atoms with van der Waals surface area (Å²) in [5.74, 6) is -2.85. The van der Waals surface area contributed by atoms with Gasteiger partial charge in [-0.3, -0.25) is 4.79 Å². The standard InChI is InChI=1S/C33H43F2NO7/c1-18(2)20-6-8-22(9-7-20)42-29(40)43-33(28(39)41-13-12-36)19(3)14-23-24-16-26(34)25-15-21(37)10-11-30(25,4)32(24,35)27(38)17-31(23,33)5/h10-11,15,18-20,22-24,26-27,38H,6-9,13-14,16-17H2,1-5H3/t19-,20?,22?,23+,24+,26?,27+,30+,31+,32+,33+/m1/s1. The van der Waals surface area contributed by atoms with E-state index in [9.17, 15) is 19.5 Å². The van der Waals surface area contributed by atoms with Gasteiger partial charge in [0, 0.05) is 22.7 Å². The fraction of sp³-hybridized carbons (Fsp3) is 0.758. The number of esters is 1. The van der Waals surface area contributed by atoms with Gasteiger partial charge in [-0.1, -0.05) is 33.8 Å². The number of alkyl halides is 2. The van der Waals surface area contributed by atoms with Crippen LogP contribution in [-0.4, -0.2) is 59.3 Å². The molecule has 0 saturated heterocycles. The Kier molecular flexibility index (Phi) is 8.07. The molecule has 0 aromatic rings. The summed E-state index contributed by atoms with van der Waals surface area (Å²) in [6.45, 7) is 8.58. The van der Waals surface area contributed by atoms with Crippen LogP contribution in [0.4, 0.5) is 13.6 Å². The van der Waals surface area contributed by atoms with E-state index >= 15 is 8.78 Å². The molecule has 0 heterocycles. The van der Waals surface area contributed by atoms with Gasteiger partial charge in [-0.2, -0.15) is 5.26 Å². The molecule has 0 bridgehead atoms. The topological polar surface area (TPSA) is 123 Å². The van der Waals surface area contributed by atoms with Crippen LogP contribution in [0.5, 0.6) is 0 Å². The molecule has 10 heteroatoms. The second-order valence-electron chi connectivity index (χ2n) is 14.2. The monoisotopic (exact) mass is 603 g/mol. The van der Waals surface area contributed by atoms with Gasteiger partial charge in [0.2, 0.25) is 5.60 Å². The Balaban J connectivity index is 1.50. The number of fused-ring (bicyclic) bond motifs is 5. The van der Waals surface area contributed by atoms with E-state index in [-0.39, 0.29) is 30.9 Å². The lowest BCUT2D eigenvalue weighted by Crippen LogP contribution is -2.71. The van der Waals surface area contributed by atoms with E-state index in [1.807, 2.05) is 0 Å². The number of ether oxygens (including phenoxy) is 3. The third-order valence-corrected chi connectivity index (χ3v) is 11.9. The molecule has 43 heavy (non-hydrogen) atoms. The maximum Gasteiger partial charge on any atom is 0.509 e. The molecular weight excluding hydrogens is 560 g/mol. The maximum absolute atomic E-state index is 17.6. The number of aliphatic hydroxyl groups excluding tert-OH is 1. The predicted octanol–water partition coefficient (Wildman–Crippen LogP) is 5.72. The minimum atomic E-state index is -2.36. The zero-order valence-electron chi connectivity index (χ0n) is 25.6. The van der Waals surface area contributed by atoms with Crippen LogP contribution in [0.2, 0.25) is 0 Å². The van der Waals surface area contributed by atoms with E-state index in [2.05, 4.69) is 13.8 Å². The van der Waals surface area contributed by atoms with Crippen LogP contribution in [0.25, 0.3) is 0 Å². The number of carbonyl (C=O) groups excluding carboxylic acids is 3. The van der Waals surface area contributed by atoms with E-state index in [1.54, 1.807) is 19.9 Å². The van der Waals surface area contributed by atoms with Crippen LogP contribution in [-0.2, 0) is 23.8 Å². The largest absolute Gasteiger partial charge is 0.509 e. The van der Waals surface area contributed by atoms with Crippen molar-refractivity contribution in [1.82, 2.24) is 0 Å². The molecule has 0 aromatic heterocycles. The van der Waals surface area contributed by atoms with Gasteiger partial charge in [0.25, 0.3) is 0 Å². The first-order valence-corrected chi connectivity index (χ1v) is 15.6. The Morgan fingerprint density at radius 2 is 1.84 bits per heavy atom. The summed E-state index contributed by atoms with van der Waals surface area (Å²) in [6, 6.07) is 1.76. The fourth-order valence-electron chi connectivity index (χ4n) is 9.59. The maximum atomic E-state index is 17.6. The van der Waals surface area contributed by atoms with Gasteiger partial charge in [-0.05, 0) is 87.3 Å². The fourth-order valence-corrected chi connectivity index (χ4v) is 9.59. The highest BCUT2D eigenvalue weighted by molar-refractivity contribution is 6.01. The number of hydrogen-bond donors (Lipinski definition) is 1. The smallest absolute Gasteiger partial charge is 0.447 e. The number of nitriles is 1. The number of rotatable bonds is 5. The molecule has 0 aliphatic heterocycles. The second-order valence-corrected chi connectivity index (χ2v) is 14.2. The van der Waals surface area contributed by atoms with Crippen molar-refractivity contribution < 1.29 is 42.5 Å². The molecule has 4 saturated carbocycles. The zero-order chi connectivity index (χ0) is 31.5. The van der Waals surface area contributed by atoms with E-state index < -0.39 is 76.6 Å². The first-order chi connectivity index (χ1) is 20.2. The number of hydrogen-bond acceptors (Lipinski definition) is 8. The third-order valence-electron chi connectivity index (χ3n) is 11.9. The van der Waals surface area contributed by atoms with Crippen LogP contribution in [0.15, 0.2) is 23.8 Å². The van der Waals surface area contributed by atoms with Gasteiger partial charge in [0.1, 0.15) is 18.3 Å². The summed E-state index contributed by atoms with van der Waals surface area (Å²) in [5.41, 5.74) is -7.33. The Hall–Kier alpha value is -2.80. The highest BCUT2D eigenvalue weighted by Crippen LogP contribution is 2.71. The molecule has 5 rings (SSSR count).